The molecule has 0 radical (unpaired) electrons. The van der Waals surface area contributed by atoms with Gasteiger partial charge in [-0.15, -0.1) is 5.92 Å². The van der Waals surface area contributed by atoms with Gasteiger partial charge in [0, 0.05) is 5.92 Å². The average Bonchev–Trinajstić information content (AvgIpc) is 2.37. The van der Waals surface area contributed by atoms with Crippen molar-refractivity contribution in [3.8, 4) is 11.8 Å². The van der Waals surface area contributed by atoms with Crippen LogP contribution in [0.15, 0.2) is 12.2 Å². The highest BCUT2D eigenvalue weighted by molar-refractivity contribution is 5.07. The number of hydrogen-bond donors (Lipinski definition) is 2. The molecule has 66 valence electrons. The molecular weight excluding hydrogens is 152 g/mol. The molecule has 0 amide bonds. The van der Waals surface area contributed by atoms with Gasteiger partial charge in [-0.05, 0) is 19.8 Å². The summed E-state index contributed by atoms with van der Waals surface area (Å²) in [5, 5.41) is 18.7. The summed E-state index contributed by atoms with van der Waals surface area (Å²) in [5.41, 5.74) is 0. The molecule has 0 heterocycles. The summed E-state index contributed by atoms with van der Waals surface area (Å²) in [4.78, 5) is 0. The minimum atomic E-state index is -0.600. The van der Waals surface area contributed by atoms with E-state index in [-0.39, 0.29) is 12.0 Å². The Hall–Kier alpha value is -0.780. The maximum Gasteiger partial charge on any atom is 0.115 e. The molecule has 0 saturated carbocycles. The van der Waals surface area contributed by atoms with Gasteiger partial charge >= 0.3 is 0 Å². The van der Waals surface area contributed by atoms with Crippen LogP contribution in [-0.2, 0) is 0 Å². The van der Waals surface area contributed by atoms with E-state index in [4.69, 9.17) is 0 Å². The first-order valence-corrected chi connectivity index (χ1v) is 4.19. The minimum absolute atomic E-state index is 0.0841. The van der Waals surface area contributed by atoms with Crippen LogP contribution in [0, 0.1) is 17.8 Å². The van der Waals surface area contributed by atoms with E-state index in [0.29, 0.717) is 12.8 Å². The van der Waals surface area contributed by atoms with Crippen LogP contribution in [0.2, 0.25) is 0 Å². The number of rotatable bonds is 2. The zero-order valence-corrected chi connectivity index (χ0v) is 7.20. The Morgan fingerprint density at radius 1 is 1.67 bits per heavy atom. The molecule has 0 unspecified atom stereocenters. The van der Waals surface area contributed by atoms with Gasteiger partial charge < -0.3 is 10.2 Å². The lowest BCUT2D eigenvalue weighted by atomic mass is 9.99. The maximum absolute atomic E-state index is 9.38. The third-order valence-electron chi connectivity index (χ3n) is 2.06. The summed E-state index contributed by atoms with van der Waals surface area (Å²) in [6.07, 6.45) is 4.22. The highest BCUT2D eigenvalue weighted by Gasteiger charge is 2.21. The van der Waals surface area contributed by atoms with Gasteiger partial charge in [-0.1, -0.05) is 18.1 Å². The lowest BCUT2D eigenvalue weighted by Crippen LogP contribution is -2.19. The molecule has 0 aromatic carbocycles. The van der Waals surface area contributed by atoms with E-state index in [1.54, 1.807) is 6.92 Å². The highest BCUT2D eigenvalue weighted by atomic mass is 16.3. The molecular formula is C10H14O2. The summed E-state index contributed by atoms with van der Waals surface area (Å²) in [5.74, 6) is 5.39. The standard InChI is InChI=1S/C10H14O2/c1-2-4-9(11)7-8-5-3-6-10(8)12/h3,5,8-12H,6-7H2,1H3/t8-,9+,10-/m1/s1. The number of aliphatic hydroxyl groups is 2. The van der Waals surface area contributed by atoms with Gasteiger partial charge in [0.05, 0.1) is 6.10 Å². The van der Waals surface area contributed by atoms with E-state index in [9.17, 15) is 10.2 Å². The van der Waals surface area contributed by atoms with Crippen LogP contribution in [0.3, 0.4) is 0 Å². The number of aliphatic hydroxyl groups excluding tert-OH is 2. The molecule has 3 atom stereocenters. The maximum atomic E-state index is 9.38. The van der Waals surface area contributed by atoms with Crippen molar-refractivity contribution in [2.24, 2.45) is 5.92 Å². The smallest absolute Gasteiger partial charge is 0.115 e. The van der Waals surface area contributed by atoms with Gasteiger partial charge in [0.2, 0.25) is 0 Å². The van der Waals surface area contributed by atoms with Crippen molar-refractivity contribution in [1.82, 2.24) is 0 Å². The van der Waals surface area contributed by atoms with Crippen molar-refractivity contribution >= 4 is 0 Å². The lowest BCUT2D eigenvalue weighted by molar-refractivity contribution is 0.110. The Morgan fingerprint density at radius 2 is 2.42 bits per heavy atom. The van der Waals surface area contributed by atoms with Gasteiger partial charge in [-0.2, -0.15) is 0 Å². The van der Waals surface area contributed by atoms with Crippen LogP contribution in [0.4, 0.5) is 0 Å². The largest absolute Gasteiger partial charge is 0.392 e. The first kappa shape index (κ1) is 9.31. The fourth-order valence-corrected chi connectivity index (χ4v) is 1.41. The summed E-state index contributed by atoms with van der Waals surface area (Å²) in [6, 6.07) is 0. The quantitative estimate of drug-likeness (QED) is 0.468. The average molecular weight is 166 g/mol. The fourth-order valence-electron chi connectivity index (χ4n) is 1.41. The molecule has 0 saturated heterocycles. The molecule has 0 fully saturated rings. The van der Waals surface area contributed by atoms with Crippen LogP contribution in [0.5, 0.6) is 0 Å². The summed E-state index contributed by atoms with van der Waals surface area (Å²) < 4.78 is 0. The Labute approximate surface area is 72.9 Å². The molecule has 0 aromatic heterocycles. The molecule has 1 rings (SSSR count). The second kappa shape index (κ2) is 4.30. The lowest BCUT2D eigenvalue weighted by Gasteiger charge is -2.14. The van der Waals surface area contributed by atoms with Crippen molar-refractivity contribution in [3.63, 3.8) is 0 Å². The van der Waals surface area contributed by atoms with E-state index >= 15 is 0 Å². The van der Waals surface area contributed by atoms with Gasteiger partial charge in [0.25, 0.3) is 0 Å². The van der Waals surface area contributed by atoms with E-state index in [1.165, 1.54) is 0 Å². The van der Waals surface area contributed by atoms with Crippen molar-refractivity contribution in [1.29, 1.82) is 0 Å². The van der Waals surface area contributed by atoms with Crippen LogP contribution < -0.4 is 0 Å². The summed E-state index contributed by atoms with van der Waals surface area (Å²) in [6.45, 7) is 1.70. The second-order valence-electron chi connectivity index (χ2n) is 3.04. The topological polar surface area (TPSA) is 40.5 Å². The summed E-state index contributed by atoms with van der Waals surface area (Å²) >= 11 is 0. The molecule has 1 aliphatic rings. The van der Waals surface area contributed by atoms with Crippen molar-refractivity contribution in [3.05, 3.63) is 12.2 Å². The predicted molar refractivity (Wildman–Crippen MR) is 47.3 cm³/mol. The summed E-state index contributed by atoms with van der Waals surface area (Å²) in [7, 11) is 0. The van der Waals surface area contributed by atoms with Crippen LogP contribution >= 0.6 is 0 Å². The molecule has 0 aliphatic heterocycles. The predicted octanol–water partition coefficient (Wildman–Crippen LogP) is 0.698. The first-order valence-electron chi connectivity index (χ1n) is 4.19. The Morgan fingerprint density at radius 3 is 2.92 bits per heavy atom. The molecule has 0 spiro atoms. The molecule has 0 bridgehead atoms. The molecule has 2 N–H and O–H groups in total. The second-order valence-corrected chi connectivity index (χ2v) is 3.04. The molecule has 2 heteroatoms. The molecule has 0 aromatic rings. The van der Waals surface area contributed by atoms with Crippen molar-refractivity contribution in [2.45, 2.75) is 32.0 Å². The van der Waals surface area contributed by atoms with Gasteiger partial charge in [-0.3, -0.25) is 0 Å². The highest BCUT2D eigenvalue weighted by Crippen LogP contribution is 2.22. The van der Waals surface area contributed by atoms with Crippen LogP contribution in [0.1, 0.15) is 19.8 Å². The third kappa shape index (κ3) is 2.37. The van der Waals surface area contributed by atoms with Crippen LogP contribution in [-0.4, -0.2) is 22.4 Å². The Balaban J connectivity index is 2.38. The van der Waals surface area contributed by atoms with Gasteiger partial charge in [-0.25, -0.2) is 0 Å². The zero-order chi connectivity index (χ0) is 8.97. The normalized spacial score (nSPS) is 29.6. The zero-order valence-electron chi connectivity index (χ0n) is 7.20. The van der Waals surface area contributed by atoms with Crippen molar-refractivity contribution in [2.75, 3.05) is 0 Å². The van der Waals surface area contributed by atoms with E-state index < -0.39 is 6.10 Å². The monoisotopic (exact) mass is 166 g/mol. The van der Waals surface area contributed by atoms with Gasteiger partial charge in [0.1, 0.15) is 6.10 Å². The Bertz CT molecular complexity index is 222. The number of hydrogen-bond acceptors (Lipinski definition) is 2. The van der Waals surface area contributed by atoms with E-state index in [1.807, 2.05) is 12.2 Å². The van der Waals surface area contributed by atoms with Gasteiger partial charge in [0.15, 0.2) is 0 Å². The molecule has 2 nitrogen and oxygen atoms in total. The van der Waals surface area contributed by atoms with Crippen molar-refractivity contribution < 1.29 is 10.2 Å². The van der Waals surface area contributed by atoms with E-state index in [0.717, 1.165) is 0 Å². The third-order valence-corrected chi connectivity index (χ3v) is 2.06. The SMILES string of the molecule is CC#C[C@H](O)C[C@H]1C=CC[C@H]1O. The minimum Gasteiger partial charge on any atom is -0.392 e. The van der Waals surface area contributed by atoms with Crippen LogP contribution in [0.25, 0.3) is 0 Å². The van der Waals surface area contributed by atoms with E-state index in [2.05, 4.69) is 11.8 Å². The fraction of sp³-hybridized carbons (Fsp3) is 0.600. The molecule has 12 heavy (non-hydrogen) atoms. The molecule has 1 aliphatic carbocycles. The Kier molecular flexibility index (Phi) is 3.33. The first-order chi connectivity index (χ1) is 5.74.